The minimum atomic E-state index is -0.432. The Morgan fingerprint density at radius 2 is 2.04 bits per heavy atom. The van der Waals surface area contributed by atoms with Crippen LogP contribution in [-0.2, 0) is 9.47 Å². The number of nitrogens with one attached hydrogen (secondary N) is 1. The summed E-state index contributed by atoms with van der Waals surface area (Å²) in [5.41, 5.74) is -0.274. The van der Waals surface area contributed by atoms with Crippen molar-refractivity contribution in [1.82, 2.24) is 10.2 Å². The molecule has 23 heavy (non-hydrogen) atoms. The fourth-order valence-electron chi connectivity index (χ4n) is 3.60. The van der Waals surface area contributed by atoms with E-state index in [0.717, 1.165) is 39.0 Å². The molecule has 0 aromatic rings. The Morgan fingerprint density at radius 3 is 2.61 bits per heavy atom. The van der Waals surface area contributed by atoms with Gasteiger partial charge >= 0.3 is 6.09 Å². The van der Waals surface area contributed by atoms with Crippen molar-refractivity contribution < 1.29 is 14.3 Å². The van der Waals surface area contributed by atoms with Crippen LogP contribution in [0.1, 0.15) is 60.8 Å². The van der Waals surface area contributed by atoms with E-state index in [1.807, 2.05) is 32.6 Å². The first-order chi connectivity index (χ1) is 10.6. The van der Waals surface area contributed by atoms with Crippen LogP contribution in [0.3, 0.4) is 0 Å². The zero-order valence-electron chi connectivity index (χ0n) is 15.6. The average Bonchev–Trinajstić information content (AvgIpc) is 2.88. The molecule has 1 amide bonds. The molecule has 0 spiro atoms. The maximum absolute atomic E-state index is 12.3. The molecule has 2 fully saturated rings. The van der Waals surface area contributed by atoms with Gasteiger partial charge in [-0.3, -0.25) is 0 Å². The van der Waals surface area contributed by atoms with Gasteiger partial charge in [0.2, 0.25) is 0 Å². The standard InChI is InChI=1S/C18H34N2O3/c1-7-22-15-11-14(18(15,5)6)19-12-13-9-8-10-20(13)16(21)23-17(2,3)4/h13-15,19H,7-12H2,1-6H3. The second-order valence-corrected chi connectivity index (χ2v) is 8.43. The fraction of sp³-hybridized carbons (Fsp3) is 0.944. The molecule has 3 atom stereocenters. The predicted molar refractivity (Wildman–Crippen MR) is 91.6 cm³/mol. The lowest BCUT2D eigenvalue weighted by Gasteiger charge is -2.52. The van der Waals surface area contributed by atoms with E-state index in [4.69, 9.17) is 9.47 Å². The quantitative estimate of drug-likeness (QED) is 0.843. The van der Waals surface area contributed by atoms with Crippen molar-refractivity contribution in [2.24, 2.45) is 5.41 Å². The highest BCUT2D eigenvalue weighted by molar-refractivity contribution is 5.69. The van der Waals surface area contributed by atoms with Gasteiger partial charge in [0.05, 0.1) is 6.10 Å². The van der Waals surface area contributed by atoms with Gasteiger partial charge in [-0.05, 0) is 47.0 Å². The summed E-state index contributed by atoms with van der Waals surface area (Å²) in [4.78, 5) is 14.2. The van der Waals surface area contributed by atoms with E-state index >= 15 is 0 Å². The van der Waals surface area contributed by atoms with Crippen LogP contribution < -0.4 is 5.32 Å². The molecule has 134 valence electrons. The van der Waals surface area contributed by atoms with Crippen molar-refractivity contribution in [1.29, 1.82) is 0 Å². The summed E-state index contributed by atoms with van der Waals surface area (Å²) in [6, 6.07) is 0.701. The van der Waals surface area contributed by atoms with E-state index in [2.05, 4.69) is 19.2 Å². The Bertz CT molecular complexity index is 417. The number of hydrogen-bond donors (Lipinski definition) is 1. The molecule has 1 N–H and O–H groups in total. The molecule has 3 unspecified atom stereocenters. The normalized spacial score (nSPS) is 30.2. The number of ether oxygens (including phenoxy) is 2. The van der Waals surface area contributed by atoms with E-state index in [1.54, 1.807) is 0 Å². The van der Waals surface area contributed by atoms with Crippen molar-refractivity contribution in [3.05, 3.63) is 0 Å². The molecule has 1 aliphatic heterocycles. The molecule has 1 heterocycles. The van der Waals surface area contributed by atoms with Crippen LogP contribution in [0.5, 0.6) is 0 Å². The van der Waals surface area contributed by atoms with Gasteiger partial charge in [-0.2, -0.15) is 0 Å². The molecule has 5 heteroatoms. The van der Waals surface area contributed by atoms with Crippen molar-refractivity contribution in [2.45, 2.75) is 84.6 Å². The highest BCUT2D eigenvalue weighted by atomic mass is 16.6. The van der Waals surface area contributed by atoms with Gasteiger partial charge in [0.1, 0.15) is 5.60 Å². The summed E-state index contributed by atoms with van der Waals surface area (Å²) in [6.07, 6.45) is 3.33. The monoisotopic (exact) mass is 326 g/mol. The number of carbonyl (C=O) groups is 1. The van der Waals surface area contributed by atoms with Gasteiger partial charge in [-0.1, -0.05) is 13.8 Å². The zero-order chi connectivity index (χ0) is 17.3. The Kier molecular flexibility index (Phi) is 5.62. The number of likely N-dealkylation sites (tertiary alicyclic amines) is 1. The van der Waals surface area contributed by atoms with Gasteiger partial charge in [0.15, 0.2) is 0 Å². The molecule has 5 nitrogen and oxygen atoms in total. The van der Waals surface area contributed by atoms with Gasteiger partial charge in [0, 0.05) is 37.2 Å². The number of carbonyl (C=O) groups excluding carboxylic acids is 1. The molecule has 1 aliphatic carbocycles. The van der Waals surface area contributed by atoms with Crippen molar-refractivity contribution in [3.63, 3.8) is 0 Å². The Labute approximate surface area is 141 Å². The van der Waals surface area contributed by atoms with Crippen LogP contribution >= 0.6 is 0 Å². The van der Waals surface area contributed by atoms with Gasteiger partial charge in [-0.15, -0.1) is 0 Å². The Morgan fingerprint density at radius 1 is 1.35 bits per heavy atom. The van der Waals surface area contributed by atoms with Crippen molar-refractivity contribution >= 4 is 6.09 Å². The van der Waals surface area contributed by atoms with Gasteiger partial charge < -0.3 is 19.7 Å². The summed E-state index contributed by atoms with van der Waals surface area (Å²) in [7, 11) is 0. The van der Waals surface area contributed by atoms with Crippen LogP contribution in [0, 0.1) is 5.41 Å². The lowest BCUT2D eigenvalue weighted by molar-refractivity contribution is -0.114. The number of hydrogen-bond acceptors (Lipinski definition) is 4. The molecular formula is C18H34N2O3. The maximum Gasteiger partial charge on any atom is 0.410 e. The van der Waals surface area contributed by atoms with E-state index in [-0.39, 0.29) is 17.6 Å². The predicted octanol–water partition coefficient (Wildman–Crippen LogP) is 3.18. The third-order valence-corrected chi connectivity index (χ3v) is 5.15. The van der Waals surface area contributed by atoms with Crippen LogP contribution in [0.25, 0.3) is 0 Å². The minimum absolute atomic E-state index is 0.158. The summed E-state index contributed by atoms with van der Waals surface area (Å²) < 4.78 is 11.3. The third-order valence-electron chi connectivity index (χ3n) is 5.15. The minimum Gasteiger partial charge on any atom is -0.444 e. The molecule has 1 saturated carbocycles. The van der Waals surface area contributed by atoms with Crippen molar-refractivity contribution in [3.8, 4) is 0 Å². The first-order valence-corrected chi connectivity index (χ1v) is 8.99. The SMILES string of the molecule is CCOC1CC(NCC2CCCN2C(=O)OC(C)(C)C)C1(C)C. The van der Waals surface area contributed by atoms with E-state index in [1.165, 1.54) is 0 Å². The third kappa shape index (κ3) is 4.38. The molecular weight excluding hydrogens is 292 g/mol. The van der Waals surface area contributed by atoms with E-state index in [9.17, 15) is 4.79 Å². The topological polar surface area (TPSA) is 50.8 Å². The van der Waals surface area contributed by atoms with Gasteiger partial charge in [0.25, 0.3) is 0 Å². The average molecular weight is 326 g/mol. The van der Waals surface area contributed by atoms with Crippen LogP contribution in [0.4, 0.5) is 4.79 Å². The van der Waals surface area contributed by atoms with E-state index in [0.29, 0.717) is 12.1 Å². The lowest BCUT2D eigenvalue weighted by Crippen LogP contribution is -2.62. The first-order valence-electron chi connectivity index (χ1n) is 8.99. The number of nitrogens with zero attached hydrogens (tertiary/aromatic N) is 1. The molecule has 0 radical (unpaired) electrons. The largest absolute Gasteiger partial charge is 0.444 e. The fourth-order valence-corrected chi connectivity index (χ4v) is 3.60. The summed E-state index contributed by atoms with van der Waals surface area (Å²) in [6.45, 7) is 14.7. The zero-order valence-corrected chi connectivity index (χ0v) is 15.6. The highest BCUT2D eigenvalue weighted by Gasteiger charge is 2.49. The van der Waals surface area contributed by atoms with Crippen LogP contribution in [0.2, 0.25) is 0 Å². The maximum atomic E-state index is 12.3. The van der Waals surface area contributed by atoms with Crippen LogP contribution in [0.15, 0.2) is 0 Å². The second kappa shape index (κ2) is 6.98. The molecule has 0 aromatic carbocycles. The summed E-state index contributed by atoms with van der Waals surface area (Å²) in [5, 5.41) is 3.66. The molecule has 0 bridgehead atoms. The first kappa shape index (κ1) is 18.5. The Hall–Kier alpha value is -0.810. The molecule has 2 rings (SSSR count). The second-order valence-electron chi connectivity index (χ2n) is 8.43. The highest BCUT2D eigenvalue weighted by Crippen LogP contribution is 2.42. The van der Waals surface area contributed by atoms with E-state index < -0.39 is 5.60 Å². The van der Waals surface area contributed by atoms with Gasteiger partial charge in [-0.25, -0.2) is 4.79 Å². The molecule has 2 aliphatic rings. The summed E-state index contributed by atoms with van der Waals surface area (Å²) >= 11 is 0. The number of amides is 1. The van der Waals surface area contributed by atoms with Crippen molar-refractivity contribution in [2.75, 3.05) is 19.7 Å². The lowest BCUT2D eigenvalue weighted by atomic mass is 9.64. The number of rotatable bonds is 5. The molecule has 1 saturated heterocycles. The molecule has 0 aromatic heterocycles. The smallest absolute Gasteiger partial charge is 0.410 e. The Balaban J connectivity index is 1.82. The van der Waals surface area contributed by atoms with Crippen LogP contribution in [-0.4, -0.2) is 54.5 Å². The summed E-state index contributed by atoms with van der Waals surface area (Å²) in [5.74, 6) is 0.